The minimum atomic E-state index is -0.418. The van der Waals surface area contributed by atoms with Crippen molar-refractivity contribution >= 4 is 23.2 Å². The van der Waals surface area contributed by atoms with E-state index in [1.54, 1.807) is 17.0 Å². The molecule has 1 amide bonds. The molecule has 120 valence electrons. The molecule has 1 aliphatic heterocycles. The summed E-state index contributed by atoms with van der Waals surface area (Å²) in [6.07, 6.45) is -0.117. The van der Waals surface area contributed by atoms with E-state index in [1.165, 1.54) is 7.11 Å². The highest BCUT2D eigenvalue weighted by atomic mass is 32.1. The van der Waals surface area contributed by atoms with Crippen LogP contribution in [-0.2, 0) is 9.47 Å². The van der Waals surface area contributed by atoms with E-state index in [9.17, 15) is 9.59 Å². The molecule has 0 bridgehead atoms. The Kier molecular flexibility index (Phi) is 4.73. The van der Waals surface area contributed by atoms with Crippen LogP contribution in [-0.4, -0.2) is 43.6 Å². The maximum absolute atomic E-state index is 12.6. The molecule has 1 aromatic heterocycles. The Balaban J connectivity index is 1.72. The Bertz CT molecular complexity index is 698. The van der Waals surface area contributed by atoms with Crippen LogP contribution in [0.15, 0.2) is 42.5 Å². The summed E-state index contributed by atoms with van der Waals surface area (Å²) < 4.78 is 10.5. The van der Waals surface area contributed by atoms with E-state index in [2.05, 4.69) is 4.74 Å². The molecule has 0 spiro atoms. The Morgan fingerprint density at radius 1 is 1.17 bits per heavy atom. The minimum Gasteiger partial charge on any atom is -0.465 e. The Morgan fingerprint density at radius 3 is 2.65 bits per heavy atom. The van der Waals surface area contributed by atoms with Gasteiger partial charge in [-0.25, -0.2) is 4.79 Å². The predicted molar refractivity (Wildman–Crippen MR) is 86.7 cm³/mol. The summed E-state index contributed by atoms with van der Waals surface area (Å²) in [4.78, 5) is 26.9. The van der Waals surface area contributed by atoms with Crippen LogP contribution in [0.5, 0.6) is 0 Å². The number of methoxy groups -OCH3 is 1. The summed E-state index contributed by atoms with van der Waals surface area (Å²) in [5, 5.41) is 0. The number of carbonyl (C=O) groups excluding carboxylic acids is 2. The number of rotatable bonds is 3. The van der Waals surface area contributed by atoms with E-state index >= 15 is 0 Å². The van der Waals surface area contributed by atoms with Crippen LogP contribution in [0, 0.1) is 0 Å². The second-order valence-corrected chi connectivity index (χ2v) is 6.26. The number of carbonyl (C=O) groups is 2. The second-order valence-electron chi connectivity index (χ2n) is 5.18. The fraction of sp³-hybridized carbons (Fsp3) is 0.294. The number of thiophene rings is 1. The van der Waals surface area contributed by atoms with E-state index in [-0.39, 0.29) is 12.0 Å². The van der Waals surface area contributed by atoms with Gasteiger partial charge in [0.15, 0.2) is 0 Å². The van der Waals surface area contributed by atoms with E-state index in [0.717, 1.165) is 16.9 Å². The second kappa shape index (κ2) is 6.93. The molecule has 0 N–H and O–H groups in total. The Hall–Kier alpha value is -2.18. The fourth-order valence-corrected chi connectivity index (χ4v) is 3.41. The summed E-state index contributed by atoms with van der Waals surface area (Å²) in [6, 6.07) is 13.2. The molecule has 0 saturated carbocycles. The molecule has 1 aliphatic rings. The summed E-state index contributed by atoms with van der Waals surface area (Å²) in [5.41, 5.74) is 1.06. The number of benzene rings is 1. The number of hydrogen-bond donors (Lipinski definition) is 0. The van der Waals surface area contributed by atoms with Gasteiger partial charge in [-0.2, -0.15) is 0 Å². The first kappa shape index (κ1) is 15.7. The van der Waals surface area contributed by atoms with Crippen molar-refractivity contribution in [2.75, 3.05) is 26.8 Å². The lowest BCUT2D eigenvalue weighted by Gasteiger charge is -2.33. The zero-order valence-corrected chi connectivity index (χ0v) is 13.5. The molecule has 0 aliphatic carbocycles. The zero-order valence-electron chi connectivity index (χ0n) is 12.7. The van der Waals surface area contributed by atoms with Crippen molar-refractivity contribution in [3.05, 3.63) is 57.8 Å². The molecule has 1 aromatic carbocycles. The van der Waals surface area contributed by atoms with Crippen molar-refractivity contribution in [3.63, 3.8) is 0 Å². The van der Waals surface area contributed by atoms with Gasteiger partial charge in [0, 0.05) is 6.54 Å². The van der Waals surface area contributed by atoms with Crippen LogP contribution in [0.2, 0.25) is 0 Å². The van der Waals surface area contributed by atoms with E-state index in [4.69, 9.17) is 4.74 Å². The molecule has 6 heteroatoms. The zero-order chi connectivity index (χ0) is 16.2. The van der Waals surface area contributed by atoms with Gasteiger partial charge in [0.25, 0.3) is 5.91 Å². The van der Waals surface area contributed by atoms with Crippen LogP contribution in [0.25, 0.3) is 0 Å². The van der Waals surface area contributed by atoms with E-state index in [1.807, 2.05) is 30.3 Å². The average Bonchev–Trinajstić information content (AvgIpc) is 3.11. The maximum Gasteiger partial charge on any atom is 0.348 e. The third-order valence-electron chi connectivity index (χ3n) is 3.73. The van der Waals surface area contributed by atoms with Crippen LogP contribution in [0.4, 0.5) is 0 Å². The van der Waals surface area contributed by atoms with Gasteiger partial charge in [-0.3, -0.25) is 4.79 Å². The summed E-state index contributed by atoms with van der Waals surface area (Å²) in [7, 11) is 1.33. The normalized spacial score (nSPS) is 17.8. The number of hydrogen-bond acceptors (Lipinski definition) is 5. The lowest BCUT2D eigenvalue weighted by molar-refractivity contribution is -0.0226. The van der Waals surface area contributed by atoms with Gasteiger partial charge in [0.2, 0.25) is 0 Å². The van der Waals surface area contributed by atoms with Crippen LogP contribution in [0.3, 0.4) is 0 Å². The van der Waals surface area contributed by atoms with Crippen LogP contribution < -0.4 is 0 Å². The lowest BCUT2D eigenvalue weighted by Crippen LogP contribution is -2.42. The lowest BCUT2D eigenvalue weighted by atomic mass is 10.1. The van der Waals surface area contributed by atoms with Gasteiger partial charge in [-0.05, 0) is 17.7 Å². The first-order chi connectivity index (χ1) is 11.2. The molecular weight excluding hydrogens is 314 g/mol. The highest BCUT2D eigenvalue weighted by Gasteiger charge is 2.27. The molecule has 1 unspecified atom stereocenters. The molecule has 3 rings (SSSR count). The first-order valence-corrected chi connectivity index (χ1v) is 8.14. The van der Waals surface area contributed by atoms with Crippen LogP contribution >= 0.6 is 11.3 Å². The molecule has 23 heavy (non-hydrogen) atoms. The van der Waals surface area contributed by atoms with Crippen molar-refractivity contribution in [2.45, 2.75) is 6.10 Å². The monoisotopic (exact) mass is 331 g/mol. The van der Waals surface area contributed by atoms with Crippen molar-refractivity contribution in [3.8, 4) is 0 Å². The Morgan fingerprint density at radius 2 is 1.91 bits per heavy atom. The average molecular weight is 331 g/mol. The van der Waals surface area contributed by atoms with Gasteiger partial charge in [-0.1, -0.05) is 30.3 Å². The Labute approximate surface area is 138 Å². The number of morpholine rings is 1. The third kappa shape index (κ3) is 3.43. The number of ether oxygens (including phenoxy) is 2. The van der Waals surface area contributed by atoms with Crippen LogP contribution in [0.1, 0.15) is 31.0 Å². The van der Waals surface area contributed by atoms with Crippen molar-refractivity contribution in [1.82, 2.24) is 4.90 Å². The van der Waals surface area contributed by atoms with Gasteiger partial charge >= 0.3 is 5.97 Å². The van der Waals surface area contributed by atoms with Gasteiger partial charge in [0.05, 0.1) is 25.1 Å². The van der Waals surface area contributed by atoms with Crippen molar-refractivity contribution in [2.24, 2.45) is 0 Å². The molecule has 5 nitrogen and oxygen atoms in total. The van der Waals surface area contributed by atoms with Crippen molar-refractivity contribution < 1.29 is 19.1 Å². The summed E-state index contributed by atoms with van der Waals surface area (Å²) >= 11 is 1.16. The molecular formula is C17H17NO4S. The predicted octanol–water partition coefficient (Wildman–Crippen LogP) is 2.75. The number of nitrogens with zero attached hydrogens (tertiary/aromatic N) is 1. The third-order valence-corrected chi connectivity index (χ3v) is 4.78. The molecule has 2 aromatic rings. The quantitative estimate of drug-likeness (QED) is 0.812. The molecule has 2 heterocycles. The van der Waals surface area contributed by atoms with Gasteiger partial charge < -0.3 is 14.4 Å². The van der Waals surface area contributed by atoms with Gasteiger partial charge in [-0.15, -0.1) is 11.3 Å². The maximum atomic E-state index is 12.6. The molecule has 0 radical (unpaired) electrons. The summed E-state index contributed by atoms with van der Waals surface area (Å²) in [6.45, 7) is 1.56. The number of esters is 1. The number of amides is 1. The molecule has 1 saturated heterocycles. The standard InChI is InChI=1S/C17H17NO4S/c1-21-17(20)15-8-7-14(23-15)16(19)18-9-10-22-13(11-18)12-5-3-2-4-6-12/h2-8,13H,9-11H2,1H3. The highest BCUT2D eigenvalue weighted by Crippen LogP contribution is 2.25. The largest absolute Gasteiger partial charge is 0.465 e. The van der Waals surface area contributed by atoms with E-state index in [0.29, 0.717) is 29.5 Å². The first-order valence-electron chi connectivity index (χ1n) is 7.33. The SMILES string of the molecule is COC(=O)c1ccc(C(=O)N2CCOC(c3ccccc3)C2)s1. The highest BCUT2D eigenvalue weighted by molar-refractivity contribution is 7.15. The topological polar surface area (TPSA) is 55.8 Å². The van der Waals surface area contributed by atoms with Crippen molar-refractivity contribution in [1.29, 1.82) is 0 Å². The van der Waals surface area contributed by atoms with E-state index < -0.39 is 5.97 Å². The smallest absolute Gasteiger partial charge is 0.348 e. The molecule has 1 fully saturated rings. The minimum absolute atomic E-state index is 0.0746. The van der Waals surface area contributed by atoms with Gasteiger partial charge in [0.1, 0.15) is 11.0 Å². The fourth-order valence-electron chi connectivity index (χ4n) is 2.52. The molecule has 1 atom stereocenters. The summed E-state index contributed by atoms with van der Waals surface area (Å²) in [5.74, 6) is -0.493.